The van der Waals surface area contributed by atoms with Crippen LogP contribution >= 0.6 is 11.6 Å². The minimum atomic E-state index is -0.936. The molecule has 0 bridgehead atoms. The van der Waals surface area contributed by atoms with Gasteiger partial charge in [-0.1, -0.05) is 6.07 Å². The summed E-state index contributed by atoms with van der Waals surface area (Å²) in [5.74, 6) is -1.87. The number of halogens is 3. The molecule has 144 valence electrons. The summed E-state index contributed by atoms with van der Waals surface area (Å²) in [6, 6.07) is 3.49. The lowest BCUT2D eigenvalue weighted by atomic mass is 10.1. The number of aromatic nitrogens is 4. The maximum atomic E-state index is 13.5. The van der Waals surface area contributed by atoms with Gasteiger partial charge in [-0.25, -0.2) is 23.7 Å². The molecule has 1 aromatic carbocycles. The Bertz CT molecular complexity index is 1080. The van der Waals surface area contributed by atoms with E-state index in [1.807, 2.05) is 13.8 Å². The number of imidazole rings is 1. The minimum absolute atomic E-state index is 0.103. The summed E-state index contributed by atoms with van der Waals surface area (Å²) in [6.45, 7) is 4.42. The molecule has 6 nitrogen and oxygen atoms in total. The molecular weight excluding hydrogens is 388 g/mol. The first-order chi connectivity index (χ1) is 13.3. The van der Waals surface area contributed by atoms with Crippen LogP contribution in [0.2, 0.25) is 5.28 Å². The molecule has 3 aromatic rings. The maximum absolute atomic E-state index is 13.5. The van der Waals surface area contributed by atoms with E-state index in [4.69, 9.17) is 11.6 Å². The monoisotopic (exact) mass is 403 g/mol. The van der Waals surface area contributed by atoms with E-state index in [-0.39, 0.29) is 29.6 Å². The molecule has 0 saturated carbocycles. The maximum Gasteiger partial charge on any atom is 0.290 e. The van der Waals surface area contributed by atoms with Gasteiger partial charge in [0.05, 0.1) is 5.69 Å². The van der Waals surface area contributed by atoms with Gasteiger partial charge in [-0.2, -0.15) is 0 Å². The topological polar surface area (TPSA) is 63.9 Å². The fraction of sp³-hybridized carbons (Fsp3) is 0.263. The first-order valence-electron chi connectivity index (χ1n) is 8.65. The molecule has 0 fully saturated rings. The highest BCUT2D eigenvalue weighted by molar-refractivity contribution is 6.28. The summed E-state index contributed by atoms with van der Waals surface area (Å²) >= 11 is 5.89. The molecule has 1 atom stereocenters. The van der Waals surface area contributed by atoms with Gasteiger partial charge in [0.15, 0.2) is 17.5 Å². The lowest BCUT2D eigenvalue weighted by Gasteiger charge is -2.33. The lowest BCUT2D eigenvalue weighted by Crippen LogP contribution is -2.46. The summed E-state index contributed by atoms with van der Waals surface area (Å²) in [7, 11) is 0. The smallest absolute Gasteiger partial charge is 0.290 e. The van der Waals surface area contributed by atoms with Crippen molar-refractivity contribution < 1.29 is 13.6 Å². The third-order valence-corrected chi connectivity index (χ3v) is 4.93. The van der Waals surface area contributed by atoms with Crippen molar-refractivity contribution in [1.82, 2.24) is 24.4 Å². The van der Waals surface area contributed by atoms with Crippen LogP contribution in [0.1, 0.15) is 28.7 Å². The number of amides is 1. The van der Waals surface area contributed by atoms with Crippen LogP contribution in [0.3, 0.4) is 0 Å². The van der Waals surface area contributed by atoms with Crippen molar-refractivity contribution in [2.45, 2.75) is 33.0 Å². The molecule has 9 heteroatoms. The summed E-state index contributed by atoms with van der Waals surface area (Å²) in [5, 5.41) is 0.103. The van der Waals surface area contributed by atoms with Gasteiger partial charge in [-0.05, 0) is 48.7 Å². The molecule has 0 radical (unpaired) electrons. The first-order valence-corrected chi connectivity index (χ1v) is 9.03. The highest BCUT2D eigenvalue weighted by atomic mass is 35.5. The van der Waals surface area contributed by atoms with Crippen LogP contribution in [0, 0.1) is 18.6 Å². The Morgan fingerprint density at radius 1 is 1.25 bits per heavy atom. The van der Waals surface area contributed by atoms with Crippen LogP contribution in [0.15, 0.2) is 30.6 Å². The number of aryl methyl sites for hydroxylation is 1. The molecule has 3 heterocycles. The molecule has 0 N–H and O–H groups in total. The summed E-state index contributed by atoms with van der Waals surface area (Å²) in [4.78, 5) is 27.2. The molecule has 0 unspecified atom stereocenters. The summed E-state index contributed by atoms with van der Waals surface area (Å²) in [5.41, 5.74) is 2.40. The molecule has 0 aliphatic carbocycles. The van der Waals surface area contributed by atoms with Gasteiger partial charge in [0.2, 0.25) is 5.28 Å². The molecule has 0 saturated heterocycles. The minimum Gasteiger partial charge on any atom is -0.327 e. The van der Waals surface area contributed by atoms with Crippen molar-refractivity contribution in [1.29, 1.82) is 0 Å². The quantitative estimate of drug-likeness (QED) is 0.626. The lowest BCUT2D eigenvalue weighted by molar-refractivity contribution is 0.0587. The van der Waals surface area contributed by atoms with E-state index in [9.17, 15) is 13.6 Å². The molecule has 0 spiro atoms. The van der Waals surface area contributed by atoms with Crippen molar-refractivity contribution in [3.8, 4) is 11.4 Å². The van der Waals surface area contributed by atoms with Gasteiger partial charge in [0.25, 0.3) is 5.91 Å². The third kappa shape index (κ3) is 3.24. The highest BCUT2D eigenvalue weighted by Crippen LogP contribution is 2.26. The Hall–Kier alpha value is -2.87. The van der Waals surface area contributed by atoms with E-state index in [0.29, 0.717) is 23.5 Å². The van der Waals surface area contributed by atoms with Crippen LogP contribution in [0.4, 0.5) is 8.78 Å². The highest BCUT2D eigenvalue weighted by Gasteiger charge is 2.32. The van der Waals surface area contributed by atoms with Gasteiger partial charge in [0.1, 0.15) is 5.69 Å². The van der Waals surface area contributed by atoms with Gasteiger partial charge >= 0.3 is 0 Å². The zero-order valence-electron chi connectivity index (χ0n) is 15.2. The largest absolute Gasteiger partial charge is 0.327 e. The zero-order valence-corrected chi connectivity index (χ0v) is 15.9. The van der Waals surface area contributed by atoms with Gasteiger partial charge in [-0.3, -0.25) is 4.79 Å². The number of carbonyl (C=O) groups excluding carboxylic acids is 1. The van der Waals surface area contributed by atoms with E-state index in [0.717, 1.165) is 17.7 Å². The second kappa shape index (κ2) is 6.94. The van der Waals surface area contributed by atoms with Crippen molar-refractivity contribution in [2.24, 2.45) is 0 Å². The number of hydrogen-bond donors (Lipinski definition) is 0. The van der Waals surface area contributed by atoms with E-state index < -0.39 is 11.6 Å². The Morgan fingerprint density at radius 2 is 2.04 bits per heavy atom. The molecule has 1 aliphatic heterocycles. The molecule has 1 aliphatic rings. The van der Waals surface area contributed by atoms with E-state index in [2.05, 4.69) is 15.0 Å². The van der Waals surface area contributed by atoms with Crippen LogP contribution < -0.4 is 0 Å². The Kier molecular flexibility index (Phi) is 4.58. The van der Waals surface area contributed by atoms with E-state index in [1.165, 1.54) is 6.07 Å². The van der Waals surface area contributed by atoms with Crippen molar-refractivity contribution in [3.63, 3.8) is 0 Å². The predicted octanol–water partition coefficient (Wildman–Crippen LogP) is 3.62. The van der Waals surface area contributed by atoms with Gasteiger partial charge in [-0.15, -0.1) is 0 Å². The van der Waals surface area contributed by atoms with Gasteiger partial charge < -0.3 is 9.47 Å². The number of benzene rings is 1. The second-order valence-corrected chi connectivity index (χ2v) is 7.14. The third-order valence-electron chi connectivity index (χ3n) is 4.74. The molecule has 4 rings (SSSR count). The van der Waals surface area contributed by atoms with Crippen molar-refractivity contribution in [3.05, 3.63) is 64.5 Å². The molecule has 28 heavy (non-hydrogen) atoms. The molecule has 2 aromatic heterocycles. The summed E-state index contributed by atoms with van der Waals surface area (Å²) < 4.78 is 28.5. The number of carbonyl (C=O) groups is 1. The fourth-order valence-corrected chi connectivity index (χ4v) is 3.43. The van der Waals surface area contributed by atoms with Crippen LogP contribution in [-0.4, -0.2) is 36.4 Å². The first kappa shape index (κ1) is 18.5. The normalized spacial score (nSPS) is 16.4. The SMILES string of the molecule is Cc1cnc(Cl)nc1-c1cn2c(n1)C(=O)N(Cc1ccc(F)c(F)c1)[C@@H](C)C2. The van der Waals surface area contributed by atoms with Crippen LogP contribution in [0.25, 0.3) is 11.4 Å². The van der Waals surface area contributed by atoms with Crippen LogP contribution in [-0.2, 0) is 13.1 Å². The average Bonchev–Trinajstić information content (AvgIpc) is 3.07. The second-order valence-electron chi connectivity index (χ2n) is 6.80. The summed E-state index contributed by atoms with van der Waals surface area (Å²) in [6.07, 6.45) is 3.37. The van der Waals surface area contributed by atoms with Gasteiger partial charge in [0, 0.05) is 31.5 Å². The fourth-order valence-electron chi connectivity index (χ4n) is 3.29. The number of rotatable bonds is 3. The number of nitrogens with zero attached hydrogens (tertiary/aromatic N) is 5. The zero-order chi connectivity index (χ0) is 20.0. The number of fused-ring (bicyclic) bond motifs is 1. The molecule has 1 amide bonds. The predicted molar refractivity (Wildman–Crippen MR) is 98.7 cm³/mol. The van der Waals surface area contributed by atoms with Crippen LogP contribution in [0.5, 0.6) is 0 Å². The standard InChI is InChI=1S/C19H16ClF2N5O/c1-10-6-23-19(20)25-16(10)15-9-26-7-11(2)27(18(28)17(26)24-15)8-12-3-4-13(21)14(22)5-12/h3-6,9,11H,7-8H2,1-2H3/t11-/m0/s1. The Morgan fingerprint density at radius 3 is 2.79 bits per heavy atom. The number of hydrogen-bond acceptors (Lipinski definition) is 4. The van der Waals surface area contributed by atoms with Crippen molar-refractivity contribution in [2.75, 3.05) is 0 Å². The average molecular weight is 404 g/mol. The van der Waals surface area contributed by atoms with E-state index >= 15 is 0 Å². The van der Waals surface area contributed by atoms with Crippen molar-refractivity contribution >= 4 is 17.5 Å². The Labute approximate surface area is 164 Å². The van der Waals surface area contributed by atoms with E-state index in [1.54, 1.807) is 21.9 Å². The molecular formula is C19H16ClF2N5O. The Balaban J connectivity index is 1.66.